The van der Waals surface area contributed by atoms with Gasteiger partial charge in [0, 0.05) is 49.3 Å². The number of carbonyl (C=O) groups excluding carboxylic acids is 2. The molecule has 2 heterocycles. The number of amides is 1. The van der Waals surface area contributed by atoms with Crippen LogP contribution in [0.5, 0.6) is 0 Å². The largest absolute Gasteiger partial charge is 0.465 e. The number of benzene rings is 1. The molecule has 1 aromatic heterocycles. The molecule has 138 valence electrons. The lowest BCUT2D eigenvalue weighted by Crippen LogP contribution is -2.40. The molecule has 2 aliphatic rings. The zero-order valence-corrected chi connectivity index (χ0v) is 15.4. The van der Waals surface area contributed by atoms with Crippen molar-refractivity contribution in [3.8, 4) is 0 Å². The summed E-state index contributed by atoms with van der Waals surface area (Å²) in [4.78, 5) is 29.3. The predicted molar refractivity (Wildman–Crippen MR) is 99.0 cm³/mol. The van der Waals surface area contributed by atoms with Gasteiger partial charge in [-0.2, -0.15) is 0 Å². The number of methoxy groups -OCH3 is 1. The molecule has 2 aromatic rings. The molecule has 1 aromatic carbocycles. The van der Waals surface area contributed by atoms with Crippen molar-refractivity contribution in [3.63, 3.8) is 0 Å². The number of aromatic nitrogens is 1. The summed E-state index contributed by atoms with van der Waals surface area (Å²) in [5.74, 6) is -0.304. The Morgan fingerprint density at radius 3 is 2.73 bits per heavy atom. The second-order valence-electron chi connectivity index (χ2n) is 7.35. The highest BCUT2D eigenvalue weighted by Gasteiger charge is 2.36. The van der Waals surface area contributed by atoms with E-state index in [1.165, 1.54) is 20.0 Å². The fourth-order valence-electron chi connectivity index (χ4n) is 3.97. The number of likely N-dealkylation sites (tertiary alicyclic amines) is 1. The number of hydrogen-bond acceptors (Lipinski definition) is 4. The Hall–Kier alpha value is -2.34. The van der Waals surface area contributed by atoms with Crippen LogP contribution in [0.3, 0.4) is 0 Å². The summed E-state index contributed by atoms with van der Waals surface area (Å²) in [6, 6.07) is 8.65. The summed E-state index contributed by atoms with van der Waals surface area (Å²) in [5, 5.41) is 0.815. The minimum Gasteiger partial charge on any atom is -0.465 e. The second-order valence-corrected chi connectivity index (χ2v) is 7.35. The minimum atomic E-state index is -0.378. The third-order valence-electron chi connectivity index (χ3n) is 5.70. The van der Waals surface area contributed by atoms with Gasteiger partial charge in [0.25, 0.3) is 0 Å². The van der Waals surface area contributed by atoms with Crippen molar-refractivity contribution in [1.29, 1.82) is 0 Å². The Kier molecular flexibility index (Phi) is 4.44. The fourth-order valence-corrected chi connectivity index (χ4v) is 3.97. The summed E-state index contributed by atoms with van der Waals surface area (Å²) in [5.41, 5.74) is 1.38. The number of ether oxygens (including phenoxy) is 1. The molecular formula is C20H25N3O3. The van der Waals surface area contributed by atoms with Crippen molar-refractivity contribution in [2.24, 2.45) is 0 Å². The Labute approximate surface area is 153 Å². The number of hydrogen-bond donors (Lipinski definition) is 0. The molecule has 2 fully saturated rings. The first-order valence-electron chi connectivity index (χ1n) is 9.24. The molecule has 0 radical (unpaired) electrons. The predicted octanol–water partition coefficient (Wildman–Crippen LogP) is 2.12. The van der Waals surface area contributed by atoms with Gasteiger partial charge in [-0.25, -0.2) is 4.79 Å². The number of para-hydroxylation sites is 1. The summed E-state index contributed by atoms with van der Waals surface area (Å²) < 4.78 is 6.73. The first kappa shape index (κ1) is 17.1. The number of carbonyl (C=O) groups is 2. The zero-order valence-electron chi connectivity index (χ0n) is 15.4. The van der Waals surface area contributed by atoms with Crippen molar-refractivity contribution >= 4 is 22.8 Å². The average molecular weight is 355 g/mol. The van der Waals surface area contributed by atoms with Crippen LogP contribution in [0.25, 0.3) is 10.9 Å². The van der Waals surface area contributed by atoms with Crippen LogP contribution in [-0.4, -0.2) is 65.6 Å². The number of rotatable bonds is 5. The molecule has 0 spiro atoms. The second kappa shape index (κ2) is 6.76. The molecule has 1 saturated carbocycles. The van der Waals surface area contributed by atoms with Crippen molar-refractivity contribution in [2.75, 3.05) is 27.2 Å². The van der Waals surface area contributed by atoms with E-state index in [2.05, 4.69) is 4.90 Å². The summed E-state index contributed by atoms with van der Waals surface area (Å²) in [6.45, 7) is 2.30. The van der Waals surface area contributed by atoms with Crippen molar-refractivity contribution in [1.82, 2.24) is 14.4 Å². The highest BCUT2D eigenvalue weighted by Crippen LogP contribution is 2.31. The van der Waals surface area contributed by atoms with E-state index in [0.717, 1.165) is 36.5 Å². The van der Waals surface area contributed by atoms with Crippen LogP contribution in [0, 0.1) is 0 Å². The van der Waals surface area contributed by atoms with E-state index in [1.807, 2.05) is 40.8 Å². The molecular weight excluding hydrogens is 330 g/mol. The molecule has 0 bridgehead atoms. The van der Waals surface area contributed by atoms with E-state index < -0.39 is 0 Å². The first-order valence-corrected chi connectivity index (χ1v) is 9.24. The van der Waals surface area contributed by atoms with Gasteiger partial charge in [0.05, 0.1) is 12.7 Å². The molecule has 1 amide bonds. The van der Waals surface area contributed by atoms with Crippen LogP contribution < -0.4 is 0 Å². The van der Waals surface area contributed by atoms with Gasteiger partial charge in [0.1, 0.15) is 6.54 Å². The lowest BCUT2D eigenvalue weighted by molar-refractivity contribution is -0.132. The molecule has 1 saturated heterocycles. The number of fused-ring (bicyclic) bond motifs is 1. The summed E-state index contributed by atoms with van der Waals surface area (Å²) in [7, 11) is 3.27. The van der Waals surface area contributed by atoms with Gasteiger partial charge in [-0.05, 0) is 25.3 Å². The quantitative estimate of drug-likeness (QED) is 0.771. The first-order chi connectivity index (χ1) is 12.6. The highest BCUT2D eigenvalue weighted by molar-refractivity contribution is 6.04. The topological polar surface area (TPSA) is 54.8 Å². The Morgan fingerprint density at radius 2 is 2.00 bits per heavy atom. The van der Waals surface area contributed by atoms with Gasteiger partial charge >= 0.3 is 5.97 Å². The van der Waals surface area contributed by atoms with Crippen LogP contribution in [-0.2, 0) is 16.1 Å². The molecule has 1 atom stereocenters. The van der Waals surface area contributed by atoms with Crippen LogP contribution in [0.4, 0.5) is 0 Å². The average Bonchev–Trinajstić information content (AvgIpc) is 3.28. The third kappa shape index (κ3) is 3.09. The van der Waals surface area contributed by atoms with Crippen molar-refractivity contribution in [3.05, 3.63) is 36.0 Å². The smallest absolute Gasteiger partial charge is 0.340 e. The molecule has 1 aliphatic heterocycles. The Balaban J connectivity index is 1.51. The SMILES string of the molecule is COC(=O)c1cn(CC(=O)N(C)C2CCN(C3CC3)C2)c2ccccc12. The monoisotopic (exact) mass is 355 g/mol. The summed E-state index contributed by atoms with van der Waals surface area (Å²) in [6.07, 6.45) is 5.37. The van der Waals surface area contributed by atoms with Gasteiger partial charge in [-0.1, -0.05) is 18.2 Å². The fraction of sp³-hybridized carbons (Fsp3) is 0.500. The van der Waals surface area contributed by atoms with E-state index in [-0.39, 0.29) is 24.5 Å². The number of nitrogens with zero attached hydrogens (tertiary/aromatic N) is 3. The molecule has 0 N–H and O–H groups in total. The minimum absolute atomic E-state index is 0.0739. The number of likely N-dealkylation sites (N-methyl/N-ethyl adjacent to an activating group) is 1. The van der Waals surface area contributed by atoms with Crippen LogP contribution in [0.2, 0.25) is 0 Å². The normalized spacial score (nSPS) is 20.5. The number of esters is 1. The maximum atomic E-state index is 12.9. The zero-order chi connectivity index (χ0) is 18.3. The third-order valence-corrected chi connectivity index (χ3v) is 5.70. The maximum absolute atomic E-state index is 12.9. The molecule has 1 unspecified atom stereocenters. The lowest BCUT2D eigenvalue weighted by atomic mass is 10.2. The Bertz CT molecular complexity index is 840. The van der Waals surface area contributed by atoms with Gasteiger partial charge in [-0.15, -0.1) is 0 Å². The maximum Gasteiger partial charge on any atom is 0.340 e. The standard InChI is InChI=1S/C20H25N3O3/c1-21(15-9-10-22(11-15)14-7-8-14)19(24)13-23-12-17(20(25)26-2)16-5-3-4-6-18(16)23/h3-6,12,14-15H,7-11,13H2,1-2H3. The molecule has 26 heavy (non-hydrogen) atoms. The van der Waals surface area contributed by atoms with E-state index >= 15 is 0 Å². The van der Waals surface area contributed by atoms with E-state index in [9.17, 15) is 9.59 Å². The van der Waals surface area contributed by atoms with E-state index in [4.69, 9.17) is 4.74 Å². The Morgan fingerprint density at radius 1 is 1.23 bits per heavy atom. The van der Waals surface area contributed by atoms with Crippen LogP contribution in [0.1, 0.15) is 29.6 Å². The van der Waals surface area contributed by atoms with Gasteiger partial charge in [0.2, 0.25) is 5.91 Å². The molecule has 6 heteroatoms. The van der Waals surface area contributed by atoms with Gasteiger partial charge < -0.3 is 14.2 Å². The van der Waals surface area contributed by atoms with Crippen LogP contribution in [0.15, 0.2) is 30.5 Å². The molecule has 4 rings (SSSR count). The van der Waals surface area contributed by atoms with Gasteiger partial charge in [-0.3, -0.25) is 9.69 Å². The van der Waals surface area contributed by atoms with Crippen LogP contribution >= 0.6 is 0 Å². The summed E-state index contributed by atoms with van der Waals surface area (Å²) >= 11 is 0. The molecule has 6 nitrogen and oxygen atoms in total. The molecule has 1 aliphatic carbocycles. The van der Waals surface area contributed by atoms with E-state index in [1.54, 1.807) is 6.20 Å². The van der Waals surface area contributed by atoms with Gasteiger partial charge in [0.15, 0.2) is 0 Å². The van der Waals surface area contributed by atoms with E-state index in [0.29, 0.717) is 5.56 Å². The van der Waals surface area contributed by atoms with Crippen molar-refractivity contribution < 1.29 is 14.3 Å². The van der Waals surface area contributed by atoms with Crippen molar-refractivity contribution in [2.45, 2.75) is 37.9 Å². The highest BCUT2D eigenvalue weighted by atomic mass is 16.5. The lowest BCUT2D eigenvalue weighted by Gasteiger charge is -2.25.